The smallest absolute Gasteiger partial charge is 0.161 e. The van der Waals surface area contributed by atoms with Gasteiger partial charge in [-0.2, -0.15) is 0 Å². The number of ether oxygens (including phenoxy) is 1. The molecule has 7 heteroatoms. The van der Waals surface area contributed by atoms with Crippen LogP contribution >= 0.6 is 11.6 Å². The van der Waals surface area contributed by atoms with Crippen molar-refractivity contribution >= 4 is 23.1 Å². The van der Waals surface area contributed by atoms with Gasteiger partial charge >= 0.3 is 0 Å². The van der Waals surface area contributed by atoms with E-state index in [0.29, 0.717) is 23.9 Å². The van der Waals surface area contributed by atoms with Crippen LogP contribution in [0.4, 0.5) is 11.5 Å². The molecule has 1 fully saturated rings. The molecule has 3 rings (SSSR count). The van der Waals surface area contributed by atoms with Gasteiger partial charge in [0.2, 0.25) is 0 Å². The number of hydrogen-bond acceptors (Lipinski definition) is 6. The first-order valence-corrected chi connectivity index (χ1v) is 7.19. The van der Waals surface area contributed by atoms with E-state index in [1.807, 2.05) is 12.1 Å². The van der Waals surface area contributed by atoms with Gasteiger partial charge in [0.25, 0.3) is 0 Å². The molecule has 1 aliphatic heterocycles. The molecule has 21 heavy (non-hydrogen) atoms. The summed E-state index contributed by atoms with van der Waals surface area (Å²) in [6, 6.07) is 3.85. The highest BCUT2D eigenvalue weighted by atomic mass is 35.5. The molecule has 2 aromatic heterocycles. The zero-order valence-electron chi connectivity index (χ0n) is 11.4. The Morgan fingerprint density at radius 3 is 3.05 bits per heavy atom. The summed E-state index contributed by atoms with van der Waals surface area (Å²) in [5, 5.41) is 3.43. The molecule has 0 amide bonds. The molecule has 0 aliphatic carbocycles. The van der Waals surface area contributed by atoms with E-state index in [4.69, 9.17) is 22.1 Å². The molecule has 6 nitrogen and oxygen atoms in total. The molecule has 110 valence electrons. The fraction of sp³-hybridized carbons (Fsp3) is 0.357. The molecule has 0 aromatic carbocycles. The van der Waals surface area contributed by atoms with Crippen LogP contribution in [0.5, 0.6) is 0 Å². The van der Waals surface area contributed by atoms with Crippen molar-refractivity contribution in [1.29, 1.82) is 0 Å². The number of anilines is 2. The minimum atomic E-state index is -0.0953. The highest BCUT2D eigenvalue weighted by Crippen LogP contribution is 2.31. The Morgan fingerprint density at radius 2 is 2.33 bits per heavy atom. The van der Waals surface area contributed by atoms with Crippen molar-refractivity contribution in [2.75, 3.05) is 17.7 Å². The Morgan fingerprint density at radius 1 is 1.43 bits per heavy atom. The molecule has 0 radical (unpaired) electrons. The highest BCUT2D eigenvalue weighted by Gasteiger charge is 2.22. The molecule has 1 aliphatic rings. The number of nitrogens with two attached hydrogens (primary N) is 1. The van der Waals surface area contributed by atoms with Gasteiger partial charge in [0.15, 0.2) is 16.8 Å². The Balaban J connectivity index is 1.80. The topological polar surface area (TPSA) is 86.0 Å². The summed E-state index contributed by atoms with van der Waals surface area (Å²) in [4.78, 5) is 12.7. The summed E-state index contributed by atoms with van der Waals surface area (Å²) in [6.07, 6.45) is 5.33. The van der Waals surface area contributed by atoms with Crippen molar-refractivity contribution in [3.8, 4) is 0 Å². The molecule has 1 unspecified atom stereocenters. The van der Waals surface area contributed by atoms with E-state index in [-0.39, 0.29) is 11.3 Å². The molecule has 1 atom stereocenters. The monoisotopic (exact) mass is 305 g/mol. The van der Waals surface area contributed by atoms with Gasteiger partial charge in [0, 0.05) is 25.5 Å². The lowest BCUT2D eigenvalue weighted by Crippen LogP contribution is -2.11. The molecular weight excluding hydrogens is 290 g/mol. The summed E-state index contributed by atoms with van der Waals surface area (Å²) < 4.78 is 5.59. The van der Waals surface area contributed by atoms with Gasteiger partial charge in [0.05, 0.1) is 0 Å². The lowest BCUT2D eigenvalue weighted by atomic mass is 10.2. The second-order valence-electron chi connectivity index (χ2n) is 4.85. The number of hydrogen-bond donors (Lipinski definition) is 2. The minimum absolute atomic E-state index is 0.0953. The summed E-state index contributed by atoms with van der Waals surface area (Å²) in [6.45, 7) is 1.30. The van der Waals surface area contributed by atoms with Crippen LogP contribution in [0.3, 0.4) is 0 Å². The van der Waals surface area contributed by atoms with Crippen LogP contribution in [0.25, 0.3) is 0 Å². The van der Waals surface area contributed by atoms with Crippen LogP contribution in [0.15, 0.2) is 24.5 Å². The molecule has 1 saturated heterocycles. The molecule has 3 heterocycles. The van der Waals surface area contributed by atoms with E-state index in [1.54, 1.807) is 12.4 Å². The zero-order chi connectivity index (χ0) is 14.7. The predicted octanol–water partition coefficient (Wildman–Crippen LogP) is 2.57. The van der Waals surface area contributed by atoms with Gasteiger partial charge in [-0.25, -0.2) is 9.97 Å². The number of aromatic nitrogens is 3. The number of nitrogens with one attached hydrogen (secondary N) is 1. The Bertz CT molecular complexity index is 616. The largest absolute Gasteiger partial charge is 0.393 e. The van der Waals surface area contributed by atoms with Crippen LogP contribution in [-0.2, 0) is 11.3 Å². The first-order valence-electron chi connectivity index (χ1n) is 6.81. The number of nitrogens with zero attached hydrogens (tertiary/aromatic N) is 3. The molecule has 0 spiro atoms. The van der Waals surface area contributed by atoms with E-state index in [9.17, 15) is 0 Å². The number of rotatable bonds is 4. The third-order valence-corrected chi connectivity index (χ3v) is 3.60. The van der Waals surface area contributed by atoms with Crippen LogP contribution < -0.4 is 11.1 Å². The maximum Gasteiger partial charge on any atom is 0.161 e. The van der Waals surface area contributed by atoms with E-state index < -0.39 is 0 Å². The van der Waals surface area contributed by atoms with Crippen LogP contribution in [-0.4, -0.2) is 21.6 Å². The normalized spacial score (nSPS) is 17.9. The van der Waals surface area contributed by atoms with Gasteiger partial charge in [0.1, 0.15) is 11.8 Å². The van der Waals surface area contributed by atoms with Crippen LogP contribution in [0.2, 0.25) is 5.15 Å². The Hall–Kier alpha value is -1.92. The quantitative estimate of drug-likeness (QED) is 0.844. The van der Waals surface area contributed by atoms with Gasteiger partial charge in [-0.05, 0) is 24.5 Å². The summed E-state index contributed by atoms with van der Waals surface area (Å²) in [5.74, 6) is 1.12. The van der Waals surface area contributed by atoms with Crippen molar-refractivity contribution in [3.05, 3.63) is 41.1 Å². The lowest BCUT2D eigenvalue weighted by Gasteiger charge is -2.13. The highest BCUT2D eigenvalue weighted by molar-refractivity contribution is 6.32. The first kappa shape index (κ1) is 14.0. The number of halogens is 1. The fourth-order valence-electron chi connectivity index (χ4n) is 2.21. The second kappa shape index (κ2) is 6.24. The SMILES string of the molecule is Nc1c(Cl)nc(C2CCCO2)nc1NCc1cccnc1. The van der Waals surface area contributed by atoms with Gasteiger partial charge in [-0.15, -0.1) is 0 Å². The van der Waals surface area contributed by atoms with Gasteiger partial charge < -0.3 is 15.8 Å². The van der Waals surface area contributed by atoms with E-state index >= 15 is 0 Å². The first-order chi connectivity index (χ1) is 10.2. The van der Waals surface area contributed by atoms with Crippen molar-refractivity contribution in [2.24, 2.45) is 0 Å². The predicted molar refractivity (Wildman–Crippen MR) is 80.9 cm³/mol. The second-order valence-corrected chi connectivity index (χ2v) is 5.21. The molecule has 0 bridgehead atoms. The molecule has 3 N–H and O–H groups in total. The summed E-state index contributed by atoms with van der Waals surface area (Å²) in [7, 11) is 0. The lowest BCUT2D eigenvalue weighted by molar-refractivity contribution is 0.105. The Kier molecular flexibility index (Phi) is 4.17. The number of nitrogen functional groups attached to an aromatic ring is 1. The van der Waals surface area contributed by atoms with E-state index in [0.717, 1.165) is 25.0 Å². The van der Waals surface area contributed by atoms with Gasteiger partial charge in [-0.3, -0.25) is 4.98 Å². The fourth-order valence-corrected chi connectivity index (χ4v) is 2.38. The van der Waals surface area contributed by atoms with Gasteiger partial charge in [-0.1, -0.05) is 17.7 Å². The Labute approximate surface area is 127 Å². The zero-order valence-corrected chi connectivity index (χ0v) is 12.2. The third kappa shape index (κ3) is 3.22. The van der Waals surface area contributed by atoms with Crippen molar-refractivity contribution in [3.63, 3.8) is 0 Å². The molecule has 0 saturated carbocycles. The van der Waals surface area contributed by atoms with E-state index in [1.165, 1.54) is 0 Å². The van der Waals surface area contributed by atoms with Crippen LogP contribution in [0.1, 0.15) is 30.3 Å². The summed E-state index contributed by atoms with van der Waals surface area (Å²) >= 11 is 6.10. The summed E-state index contributed by atoms with van der Waals surface area (Å²) in [5.41, 5.74) is 7.32. The van der Waals surface area contributed by atoms with Crippen LogP contribution in [0, 0.1) is 0 Å². The molecular formula is C14H16ClN5O. The van der Waals surface area contributed by atoms with Crippen molar-refractivity contribution < 1.29 is 4.74 Å². The minimum Gasteiger partial charge on any atom is -0.393 e. The van der Waals surface area contributed by atoms with Crippen molar-refractivity contribution in [2.45, 2.75) is 25.5 Å². The number of pyridine rings is 1. The standard InChI is InChI=1S/C14H16ClN5O/c15-12-11(16)14(18-8-9-3-1-5-17-7-9)20-13(19-12)10-4-2-6-21-10/h1,3,5,7,10H,2,4,6,8,16H2,(H,18,19,20). The maximum absolute atomic E-state index is 6.10. The maximum atomic E-state index is 6.10. The third-order valence-electron chi connectivity index (χ3n) is 3.32. The van der Waals surface area contributed by atoms with Crippen molar-refractivity contribution in [1.82, 2.24) is 15.0 Å². The molecule has 2 aromatic rings. The van der Waals surface area contributed by atoms with E-state index in [2.05, 4.69) is 20.3 Å². The average Bonchev–Trinajstić information content (AvgIpc) is 3.04. The average molecular weight is 306 g/mol.